The van der Waals surface area contributed by atoms with Gasteiger partial charge in [0.2, 0.25) is 17.7 Å². The predicted octanol–water partition coefficient (Wildman–Crippen LogP) is 0.561. The van der Waals surface area contributed by atoms with Crippen LogP contribution in [-0.4, -0.2) is 72.0 Å². The van der Waals surface area contributed by atoms with Crippen LogP contribution in [0.15, 0.2) is 0 Å². The molecule has 4 saturated heterocycles. The maximum atomic E-state index is 12.7. The number of amides is 3. The topological polar surface area (TPSA) is 79.0 Å². The van der Waals surface area contributed by atoms with Crippen LogP contribution in [0.1, 0.15) is 39.0 Å². The number of carbonyl (C=O) groups excluding carboxylic acids is 3. The fourth-order valence-electron chi connectivity index (χ4n) is 5.00. The third kappa shape index (κ3) is 3.14. The number of hydrogen-bond acceptors (Lipinski definition) is 5. The molecule has 4 fully saturated rings. The predicted molar refractivity (Wildman–Crippen MR) is 96.7 cm³/mol. The average molecular weight is 386 g/mol. The number of imide groups is 1. The Hall–Kier alpha value is -1.18. The molecule has 4 aliphatic heterocycles. The van der Waals surface area contributed by atoms with Gasteiger partial charge in [-0.25, -0.2) is 0 Å². The fourth-order valence-corrected chi connectivity index (χ4v) is 5.00. The molecule has 1 N–H and O–H groups in total. The summed E-state index contributed by atoms with van der Waals surface area (Å²) in [5.41, 5.74) is 0. The summed E-state index contributed by atoms with van der Waals surface area (Å²) in [6.45, 7) is 4.78. The number of fused-ring (bicyclic) bond motifs is 5. The third-order valence-corrected chi connectivity index (χ3v) is 6.18. The van der Waals surface area contributed by atoms with Crippen molar-refractivity contribution in [3.8, 4) is 0 Å². The fraction of sp³-hybridized carbons (Fsp3) is 0.833. The van der Waals surface area contributed by atoms with Crippen molar-refractivity contribution in [3.63, 3.8) is 0 Å². The number of nitrogens with one attached hydrogen (secondary N) is 1. The van der Waals surface area contributed by atoms with Gasteiger partial charge in [-0.3, -0.25) is 19.3 Å². The van der Waals surface area contributed by atoms with Crippen molar-refractivity contribution in [2.45, 2.75) is 57.3 Å². The Kier molecular flexibility index (Phi) is 5.89. The van der Waals surface area contributed by atoms with E-state index in [1.807, 2.05) is 4.90 Å². The van der Waals surface area contributed by atoms with Gasteiger partial charge in [0.15, 0.2) is 0 Å². The molecule has 0 aliphatic carbocycles. The number of ether oxygens (including phenoxy) is 1. The first kappa shape index (κ1) is 19.6. The van der Waals surface area contributed by atoms with Crippen molar-refractivity contribution in [2.24, 2.45) is 11.8 Å². The highest BCUT2D eigenvalue weighted by Gasteiger charge is 2.62. The first-order valence-corrected chi connectivity index (χ1v) is 9.62. The van der Waals surface area contributed by atoms with Gasteiger partial charge in [-0.2, -0.15) is 0 Å². The molecular weight excluding hydrogens is 358 g/mol. The first-order valence-electron chi connectivity index (χ1n) is 9.62. The van der Waals surface area contributed by atoms with Crippen molar-refractivity contribution in [2.75, 3.05) is 26.2 Å². The standard InChI is InChI=1S/C18H27N3O4.ClH/c1-2-8-20(11-5-7-19-10-11)14(22)6-9-21-17(23)15-12-3-4-13(25-12)16(15)18(21)24;/h11-13,15-16,19H,2-10H2,1H3;1H. The van der Waals surface area contributed by atoms with Gasteiger partial charge < -0.3 is 15.0 Å². The van der Waals surface area contributed by atoms with Crippen LogP contribution < -0.4 is 5.32 Å². The number of rotatable bonds is 6. The Morgan fingerprint density at radius 2 is 1.85 bits per heavy atom. The molecule has 8 heteroatoms. The second-order valence-electron chi connectivity index (χ2n) is 7.65. The molecule has 4 rings (SSSR count). The normalized spacial score (nSPS) is 35.0. The zero-order chi connectivity index (χ0) is 17.6. The SMILES string of the molecule is CCCN(C(=O)CCN1C(=O)C2C3CCC(O3)C2C1=O)C1CCNC1.Cl. The van der Waals surface area contributed by atoms with E-state index in [0.717, 1.165) is 45.3 Å². The van der Waals surface area contributed by atoms with E-state index in [-0.39, 0.29) is 73.2 Å². The van der Waals surface area contributed by atoms with Crippen LogP contribution in [0.3, 0.4) is 0 Å². The number of halogens is 1. The minimum absolute atomic E-state index is 0. The summed E-state index contributed by atoms with van der Waals surface area (Å²) in [6.07, 6.45) is 3.67. The molecule has 26 heavy (non-hydrogen) atoms. The van der Waals surface area contributed by atoms with Gasteiger partial charge in [0.05, 0.1) is 24.0 Å². The Bertz CT molecular complexity index is 553. The number of nitrogens with zero attached hydrogens (tertiary/aromatic N) is 2. The number of carbonyl (C=O) groups is 3. The van der Waals surface area contributed by atoms with E-state index in [4.69, 9.17) is 4.74 Å². The van der Waals surface area contributed by atoms with Crippen LogP contribution in [0.4, 0.5) is 0 Å². The lowest BCUT2D eigenvalue weighted by molar-refractivity contribution is -0.143. The molecule has 0 spiro atoms. The van der Waals surface area contributed by atoms with E-state index in [1.165, 1.54) is 4.90 Å². The molecule has 0 aromatic rings. The van der Waals surface area contributed by atoms with Crippen LogP contribution in [0.5, 0.6) is 0 Å². The molecule has 2 bridgehead atoms. The van der Waals surface area contributed by atoms with Crippen molar-refractivity contribution in [1.82, 2.24) is 15.1 Å². The van der Waals surface area contributed by atoms with Gasteiger partial charge in [-0.05, 0) is 32.2 Å². The van der Waals surface area contributed by atoms with Crippen molar-refractivity contribution < 1.29 is 19.1 Å². The zero-order valence-electron chi connectivity index (χ0n) is 15.2. The Balaban J connectivity index is 0.00000196. The highest BCUT2D eigenvalue weighted by atomic mass is 35.5. The molecule has 4 heterocycles. The molecule has 7 nitrogen and oxygen atoms in total. The highest BCUT2D eigenvalue weighted by Crippen LogP contribution is 2.48. The minimum Gasteiger partial charge on any atom is -0.373 e. The molecule has 0 aromatic carbocycles. The summed E-state index contributed by atoms with van der Waals surface area (Å²) >= 11 is 0. The summed E-state index contributed by atoms with van der Waals surface area (Å²) < 4.78 is 5.74. The highest BCUT2D eigenvalue weighted by molar-refractivity contribution is 6.06. The zero-order valence-corrected chi connectivity index (χ0v) is 16.0. The van der Waals surface area contributed by atoms with E-state index >= 15 is 0 Å². The van der Waals surface area contributed by atoms with Gasteiger partial charge in [-0.15, -0.1) is 12.4 Å². The molecule has 5 atom stereocenters. The second kappa shape index (κ2) is 7.82. The number of hydrogen-bond donors (Lipinski definition) is 1. The lowest BCUT2D eigenvalue weighted by Gasteiger charge is -2.29. The van der Waals surface area contributed by atoms with Gasteiger partial charge in [-0.1, -0.05) is 6.92 Å². The lowest BCUT2D eigenvalue weighted by Crippen LogP contribution is -2.44. The summed E-state index contributed by atoms with van der Waals surface area (Å²) in [4.78, 5) is 41.2. The molecule has 0 aromatic heterocycles. The first-order chi connectivity index (χ1) is 12.1. The van der Waals surface area contributed by atoms with E-state index in [1.54, 1.807) is 0 Å². The number of likely N-dealkylation sites (tertiary alicyclic amines) is 1. The van der Waals surface area contributed by atoms with E-state index in [9.17, 15) is 14.4 Å². The average Bonchev–Trinajstić information content (AvgIpc) is 3.37. The molecule has 146 valence electrons. The monoisotopic (exact) mass is 385 g/mol. The second-order valence-corrected chi connectivity index (χ2v) is 7.65. The maximum Gasteiger partial charge on any atom is 0.235 e. The minimum atomic E-state index is -0.299. The van der Waals surface area contributed by atoms with Crippen LogP contribution in [-0.2, 0) is 19.1 Å². The van der Waals surface area contributed by atoms with Crippen molar-refractivity contribution in [3.05, 3.63) is 0 Å². The molecular formula is C18H28ClN3O4. The maximum absolute atomic E-state index is 12.7. The Labute approximate surface area is 160 Å². The van der Waals surface area contributed by atoms with Crippen molar-refractivity contribution in [1.29, 1.82) is 0 Å². The van der Waals surface area contributed by atoms with E-state index < -0.39 is 0 Å². The van der Waals surface area contributed by atoms with Crippen LogP contribution >= 0.6 is 12.4 Å². The van der Waals surface area contributed by atoms with E-state index in [2.05, 4.69) is 12.2 Å². The molecule has 0 radical (unpaired) electrons. The van der Waals surface area contributed by atoms with Crippen LogP contribution in [0.2, 0.25) is 0 Å². The largest absolute Gasteiger partial charge is 0.373 e. The van der Waals surface area contributed by atoms with Gasteiger partial charge >= 0.3 is 0 Å². The van der Waals surface area contributed by atoms with Crippen molar-refractivity contribution >= 4 is 30.1 Å². The molecule has 3 amide bonds. The van der Waals surface area contributed by atoms with Crippen LogP contribution in [0, 0.1) is 11.8 Å². The lowest BCUT2D eigenvalue weighted by atomic mass is 9.81. The summed E-state index contributed by atoms with van der Waals surface area (Å²) in [7, 11) is 0. The van der Waals surface area contributed by atoms with E-state index in [0.29, 0.717) is 0 Å². The summed E-state index contributed by atoms with van der Waals surface area (Å²) in [5, 5.41) is 3.29. The van der Waals surface area contributed by atoms with Gasteiger partial charge in [0.1, 0.15) is 0 Å². The summed E-state index contributed by atoms with van der Waals surface area (Å²) in [6, 6.07) is 0.237. The van der Waals surface area contributed by atoms with Crippen LogP contribution in [0.25, 0.3) is 0 Å². The Morgan fingerprint density at radius 1 is 1.19 bits per heavy atom. The molecule has 5 unspecified atom stereocenters. The smallest absolute Gasteiger partial charge is 0.235 e. The summed E-state index contributed by atoms with van der Waals surface area (Å²) in [5.74, 6) is -0.800. The Morgan fingerprint density at radius 3 is 2.38 bits per heavy atom. The van der Waals surface area contributed by atoms with Gasteiger partial charge in [0, 0.05) is 32.1 Å². The molecule has 0 saturated carbocycles. The molecule has 4 aliphatic rings. The quantitative estimate of drug-likeness (QED) is 0.676. The third-order valence-electron chi connectivity index (χ3n) is 6.18. The van der Waals surface area contributed by atoms with Gasteiger partial charge in [0.25, 0.3) is 0 Å².